The van der Waals surface area contributed by atoms with Crippen molar-refractivity contribution in [1.82, 2.24) is 10.2 Å². The Morgan fingerprint density at radius 1 is 1.21 bits per heavy atom. The summed E-state index contributed by atoms with van der Waals surface area (Å²) in [6.07, 6.45) is 1.69. The van der Waals surface area contributed by atoms with Gasteiger partial charge in [-0.1, -0.05) is 52.9 Å². The molecular formula is C27H24ClN5O3S2. The maximum atomic E-state index is 13.4. The largest absolute Gasteiger partial charge is 0.497 e. The van der Waals surface area contributed by atoms with Crippen molar-refractivity contribution in [2.75, 3.05) is 19.1 Å². The van der Waals surface area contributed by atoms with Crippen molar-refractivity contribution in [2.45, 2.75) is 35.3 Å². The van der Waals surface area contributed by atoms with Gasteiger partial charge in [-0.2, -0.15) is 5.26 Å². The maximum absolute atomic E-state index is 13.4. The molecule has 194 valence electrons. The number of allylic oxidation sites excluding steroid dienone is 3. The Morgan fingerprint density at radius 3 is 2.76 bits per heavy atom. The van der Waals surface area contributed by atoms with E-state index in [1.807, 2.05) is 24.3 Å². The Morgan fingerprint density at radius 2 is 2.03 bits per heavy atom. The van der Waals surface area contributed by atoms with Crippen LogP contribution in [0.5, 0.6) is 11.5 Å². The third kappa shape index (κ3) is 4.73. The monoisotopic (exact) mass is 565 g/mol. The van der Waals surface area contributed by atoms with Crippen molar-refractivity contribution in [3.8, 4) is 17.6 Å². The minimum absolute atomic E-state index is 0.0239. The van der Waals surface area contributed by atoms with Gasteiger partial charge >= 0.3 is 0 Å². The first-order chi connectivity index (χ1) is 18.5. The summed E-state index contributed by atoms with van der Waals surface area (Å²) in [7, 11) is 3.12. The Labute approximate surface area is 233 Å². The average Bonchev–Trinajstić information content (AvgIpc) is 3.40. The molecule has 1 aliphatic carbocycles. The van der Waals surface area contributed by atoms with E-state index in [9.17, 15) is 10.1 Å². The maximum Gasteiger partial charge on any atom is 0.219 e. The topological polar surface area (TPSA) is 114 Å². The average molecular weight is 566 g/mol. The molecule has 0 saturated carbocycles. The molecule has 0 bridgehead atoms. The van der Waals surface area contributed by atoms with Gasteiger partial charge in [0.05, 0.1) is 31.8 Å². The molecule has 1 atom stereocenters. The zero-order valence-corrected chi connectivity index (χ0v) is 23.1. The van der Waals surface area contributed by atoms with E-state index in [1.54, 1.807) is 37.3 Å². The van der Waals surface area contributed by atoms with E-state index in [1.165, 1.54) is 23.1 Å². The van der Waals surface area contributed by atoms with Crippen LogP contribution in [0.15, 0.2) is 69.5 Å². The third-order valence-electron chi connectivity index (χ3n) is 6.56. The van der Waals surface area contributed by atoms with Gasteiger partial charge in [-0.15, -0.1) is 10.2 Å². The Bertz CT molecular complexity index is 1510. The van der Waals surface area contributed by atoms with Crippen molar-refractivity contribution >= 4 is 45.6 Å². The molecule has 0 radical (unpaired) electrons. The molecule has 5 rings (SSSR count). The van der Waals surface area contributed by atoms with Gasteiger partial charge in [0, 0.05) is 34.0 Å². The van der Waals surface area contributed by atoms with E-state index in [-0.39, 0.29) is 17.2 Å². The molecule has 2 aromatic carbocycles. The van der Waals surface area contributed by atoms with Crippen molar-refractivity contribution in [3.63, 3.8) is 0 Å². The Hall–Kier alpha value is -3.52. The van der Waals surface area contributed by atoms with Crippen LogP contribution in [0.2, 0.25) is 5.02 Å². The highest BCUT2D eigenvalue weighted by Crippen LogP contribution is 2.49. The number of carbonyl (C=O) groups is 1. The lowest BCUT2D eigenvalue weighted by Crippen LogP contribution is -2.38. The second kappa shape index (κ2) is 11.1. The number of anilines is 1. The molecular weight excluding hydrogens is 542 g/mol. The molecule has 38 heavy (non-hydrogen) atoms. The smallest absolute Gasteiger partial charge is 0.219 e. The zero-order valence-electron chi connectivity index (χ0n) is 20.7. The van der Waals surface area contributed by atoms with Gasteiger partial charge in [0.2, 0.25) is 5.13 Å². The number of nitrogens with zero attached hydrogens (tertiary/aromatic N) is 4. The summed E-state index contributed by atoms with van der Waals surface area (Å²) < 4.78 is 11.8. The second-order valence-electron chi connectivity index (χ2n) is 8.65. The Balaban J connectivity index is 1.57. The minimum atomic E-state index is -0.675. The molecule has 0 amide bonds. The van der Waals surface area contributed by atoms with Crippen molar-refractivity contribution in [1.29, 1.82) is 5.26 Å². The minimum Gasteiger partial charge on any atom is -0.497 e. The predicted molar refractivity (Wildman–Crippen MR) is 148 cm³/mol. The number of aromatic nitrogens is 2. The van der Waals surface area contributed by atoms with E-state index in [0.717, 1.165) is 15.6 Å². The number of Topliss-reactive ketones (excluding diaryl/α,β-unsaturated/α-hetero) is 1. The van der Waals surface area contributed by atoms with Crippen LogP contribution in [-0.2, 0) is 10.5 Å². The second-order valence-corrected chi connectivity index (χ2v) is 11.2. The highest BCUT2D eigenvalue weighted by molar-refractivity contribution is 8.00. The van der Waals surface area contributed by atoms with Crippen LogP contribution < -0.4 is 20.1 Å². The number of ether oxygens (including phenoxy) is 2. The summed E-state index contributed by atoms with van der Waals surface area (Å²) in [5.74, 6) is 1.30. The van der Waals surface area contributed by atoms with Crippen LogP contribution in [0.25, 0.3) is 0 Å². The molecule has 11 heteroatoms. The van der Waals surface area contributed by atoms with Gasteiger partial charge in [-0.3, -0.25) is 9.69 Å². The van der Waals surface area contributed by atoms with Gasteiger partial charge in [-0.05, 0) is 42.7 Å². The molecule has 0 unspecified atom stereocenters. The van der Waals surface area contributed by atoms with Gasteiger partial charge in [0.25, 0.3) is 0 Å². The number of nitrogens with two attached hydrogens (primary N) is 1. The van der Waals surface area contributed by atoms with Gasteiger partial charge in [0.15, 0.2) is 10.1 Å². The lowest BCUT2D eigenvalue weighted by molar-refractivity contribution is -0.116. The van der Waals surface area contributed by atoms with E-state index < -0.39 is 5.92 Å². The number of carbonyl (C=O) groups excluding carboxylic acids is 1. The predicted octanol–water partition coefficient (Wildman–Crippen LogP) is 5.81. The fourth-order valence-corrected chi connectivity index (χ4v) is 6.95. The van der Waals surface area contributed by atoms with Crippen LogP contribution in [0.1, 0.15) is 36.3 Å². The fraction of sp³-hybridized carbons (Fsp3) is 0.259. The molecule has 2 N–H and O–H groups in total. The number of halogens is 1. The van der Waals surface area contributed by atoms with E-state index in [2.05, 4.69) is 16.3 Å². The number of rotatable bonds is 7. The van der Waals surface area contributed by atoms with Gasteiger partial charge in [0.1, 0.15) is 17.3 Å². The number of benzene rings is 2. The number of thioether (sulfide) groups is 1. The quantitative estimate of drug-likeness (QED) is 0.354. The lowest BCUT2D eigenvalue weighted by atomic mass is 9.75. The Kier molecular flexibility index (Phi) is 7.61. The van der Waals surface area contributed by atoms with Crippen LogP contribution >= 0.6 is 34.7 Å². The van der Waals surface area contributed by atoms with Gasteiger partial charge < -0.3 is 15.2 Å². The van der Waals surface area contributed by atoms with E-state index in [0.29, 0.717) is 57.8 Å². The van der Waals surface area contributed by atoms with Crippen molar-refractivity contribution in [3.05, 3.63) is 81.3 Å². The number of hydrogen-bond acceptors (Lipinski definition) is 10. The van der Waals surface area contributed by atoms with Gasteiger partial charge in [-0.25, -0.2) is 0 Å². The first-order valence-electron chi connectivity index (χ1n) is 11.8. The first-order valence-corrected chi connectivity index (χ1v) is 14.0. The highest BCUT2D eigenvalue weighted by Gasteiger charge is 2.42. The molecule has 1 aliphatic heterocycles. The van der Waals surface area contributed by atoms with Crippen LogP contribution in [0, 0.1) is 11.3 Å². The summed E-state index contributed by atoms with van der Waals surface area (Å²) in [5.41, 5.74) is 9.87. The molecule has 8 nitrogen and oxygen atoms in total. The fourth-order valence-electron chi connectivity index (χ4n) is 4.79. The van der Waals surface area contributed by atoms with Crippen LogP contribution in [0.4, 0.5) is 5.13 Å². The number of ketones is 1. The van der Waals surface area contributed by atoms with Crippen LogP contribution in [-0.4, -0.2) is 30.2 Å². The summed E-state index contributed by atoms with van der Waals surface area (Å²) in [5, 5.41) is 20.2. The van der Waals surface area contributed by atoms with E-state index >= 15 is 0 Å². The standard InChI is InChI=1S/C27H24ClN5O3S2/c1-35-16-10-11-22(36-2)17(12-16)23-18(13-29)25(30)33(20-8-5-9-21(34)24(20)23)26-31-32-27(38-26)37-14-15-6-3-4-7-19(15)28/h3-4,6-7,10-12,23H,5,8-9,14,30H2,1-2H3/t23-/m1/s1. The summed E-state index contributed by atoms with van der Waals surface area (Å²) >= 11 is 9.17. The molecule has 0 fully saturated rings. The molecule has 2 heterocycles. The van der Waals surface area contributed by atoms with Crippen molar-refractivity contribution in [2.24, 2.45) is 5.73 Å². The molecule has 1 aromatic heterocycles. The highest BCUT2D eigenvalue weighted by atomic mass is 35.5. The van der Waals surface area contributed by atoms with Crippen molar-refractivity contribution < 1.29 is 14.3 Å². The number of hydrogen-bond donors (Lipinski definition) is 1. The lowest BCUT2D eigenvalue weighted by Gasteiger charge is -2.38. The summed E-state index contributed by atoms with van der Waals surface area (Å²) in [4.78, 5) is 15.2. The summed E-state index contributed by atoms with van der Waals surface area (Å²) in [6.45, 7) is 0. The summed E-state index contributed by atoms with van der Waals surface area (Å²) in [6, 6.07) is 15.3. The molecule has 0 saturated heterocycles. The normalized spacial score (nSPS) is 17.4. The SMILES string of the molecule is COc1ccc(OC)c([C@@H]2C(C#N)=C(N)N(c3nnc(SCc4ccccc4Cl)s3)C3=C2C(=O)CCC3)c1. The molecule has 0 spiro atoms. The number of nitriles is 1. The third-order valence-corrected chi connectivity index (χ3v) is 9.02. The molecule has 2 aliphatic rings. The molecule has 3 aromatic rings. The zero-order chi connectivity index (χ0) is 26.8. The van der Waals surface area contributed by atoms with Crippen LogP contribution in [0.3, 0.4) is 0 Å². The number of methoxy groups -OCH3 is 2. The first kappa shape index (κ1) is 26.1. The van der Waals surface area contributed by atoms with E-state index in [4.69, 9.17) is 26.8 Å².